The SMILES string of the molecule is O=C(Nc1ccn(-c2ccccc2)n1)C1CCN(S(=O)(=O)c2cc(F)ccc2F)CC1. The molecular weight excluding hydrogens is 426 g/mol. The minimum absolute atomic E-state index is 0.0365. The zero-order chi connectivity index (χ0) is 22.0. The van der Waals surface area contributed by atoms with Crippen LogP contribution in [0.3, 0.4) is 0 Å². The quantitative estimate of drug-likeness (QED) is 0.653. The number of benzene rings is 2. The van der Waals surface area contributed by atoms with Crippen LogP contribution >= 0.6 is 0 Å². The number of nitrogens with zero attached hydrogens (tertiary/aromatic N) is 3. The average molecular weight is 446 g/mol. The van der Waals surface area contributed by atoms with Gasteiger partial charge in [0, 0.05) is 31.3 Å². The molecule has 0 atom stereocenters. The number of hydrogen-bond donors (Lipinski definition) is 1. The molecule has 0 saturated carbocycles. The lowest BCUT2D eigenvalue weighted by Gasteiger charge is -2.30. The van der Waals surface area contributed by atoms with Crippen LogP contribution in [-0.4, -0.2) is 41.5 Å². The fourth-order valence-electron chi connectivity index (χ4n) is 3.52. The molecule has 0 unspecified atom stereocenters. The molecule has 1 amide bonds. The molecule has 2 heterocycles. The predicted molar refractivity (Wildman–Crippen MR) is 110 cm³/mol. The molecule has 31 heavy (non-hydrogen) atoms. The van der Waals surface area contributed by atoms with E-state index in [4.69, 9.17) is 0 Å². The Morgan fingerprint density at radius 1 is 1.03 bits per heavy atom. The van der Waals surface area contributed by atoms with Gasteiger partial charge in [-0.05, 0) is 43.2 Å². The first kappa shape index (κ1) is 21.1. The Labute approximate surface area is 178 Å². The molecular formula is C21H20F2N4O3S. The number of para-hydroxylation sites is 1. The summed E-state index contributed by atoms with van der Waals surface area (Å²) in [7, 11) is -4.18. The molecule has 0 spiro atoms. The highest BCUT2D eigenvalue weighted by atomic mass is 32.2. The van der Waals surface area contributed by atoms with E-state index in [1.807, 2.05) is 30.3 Å². The van der Waals surface area contributed by atoms with E-state index in [0.29, 0.717) is 11.9 Å². The van der Waals surface area contributed by atoms with Crippen LogP contribution in [0.1, 0.15) is 12.8 Å². The Bertz CT molecular complexity index is 1190. The molecule has 7 nitrogen and oxygen atoms in total. The van der Waals surface area contributed by atoms with E-state index in [2.05, 4.69) is 10.4 Å². The lowest BCUT2D eigenvalue weighted by atomic mass is 9.97. The van der Waals surface area contributed by atoms with E-state index in [9.17, 15) is 22.0 Å². The second-order valence-corrected chi connectivity index (χ2v) is 9.13. The molecule has 10 heteroatoms. The highest BCUT2D eigenvalue weighted by Crippen LogP contribution is 2.26. The molecule has 162 valence electrons. The molecule has 0 bridgehead atoms. The smallest absolute Gasteiger partial charge is 0.246 e. The zero-order valence-corrected chi connectivity index (χ0v) is 17.2. The zero-order valence-electron chi connectivity index (χ0n) is 16.4. The number of sulfonamides is 1. The summed E-state index contributed by atoms with van der Waals surface area (Å²) >= 11 is 0. The molecule has 1 aliphatic rings. The van der Waals surface area contributed by atoms with Gasteiger partial charge in [-0.25, -0.2) is 21.9 Å². The summed E-state index contributed by atoms with van der Waals surface area (Å²) in [5.41, 5.74) is 0.853. The predicted octanol–water partition coefficient (Wildman–Crippen LogP) is 3.19. The summed E-state index contributed by atoms with van der Waals surface area (Å²) < 4.78 is 55.4. The van der Waals surface area contributed by atoms with Crippen molar-refractivity contribution in [3.8, 4) is 5.69 Å². The first-order valence-corrected chi connectivity index (χ1v) is 11.2. The molecule has 3 aromatic rings. The van der Waals surface area contributed by atoms with Gasteiger partial charge in [-0.1, -0.05) is 18.2 Å². The number of nitrogens with one attached hydrogen (secondary N) is 1. The summed E-state index contributed by atoms with van der Waals surface area (Å²) in [5.74, 6) is -2.11. The fourth-order valence-corrected chi connectivity index (χ4v) is 5.06. The second-order valence-electron chi connectivity index (χ2n) is 7.22. The van der Waals surface area contributed by atoms with Gasteiger partial charge in [-0.2, -0.15) is 9.40 Å². The largest absolute Gasteiger partial charge is 0.309 e. The van der Waals surface area contributed by atoms with Crippen LogP contribution in [0.15, 0.2) is 65.7 Å². The highest BCUT2D eigenvalue weighted by molar-refractivity contribution is 7.89. The molecule has 0 aliphatic carbocycles. The van der Waals surface area contributed by atoms with Gasteiger partial charge in [0.1, 0.15) is 16.5 Å². The van der Waals surface area contributed by atoms with E-state index in [0.717, 1.165) is 22.1 Å². The van der Waals surface area contributed by atoms with Gasteiger partial charge in [-0.15, -0.1) is 0 Å². The minimum Gasteiger partial charge on any atom is -0.309 e. The first-order chi connectivity index (χ1) is 14.8. The van der Waals surface area contributed by atoms with Gasteiger partial charge in [0.2, 0.25) is 15.9 Å². The average Bonchev–Trinajstić information content (AvgIpc) is 3.24. The van der Waals surface area contributed by atoms with Crippen LogP contribution in [-0.2, 0) is 14.8 Å². The minimum atomic E-state index is -4.18. The third-order valence-corrected chi connectivity index (χ3v) is 7.11. The maximum Gasteiger partial charge on any atom is 0.246 e. The molecule has 1 aliphatic heterocycles. The molecule has 1 saturated heterocycles. The number of hydrogen-bond acceptors (Lipinski definition) is 4. The number of carbonyl (C=O) groups excluding carboxylic acids is 1. The van der Waals surface area contributed by atoms with Crippen molar-refractivity contribution in [2.75, 3.05) is 18.4 Å². The summed E-state index contributed by atoms with van der Waals surface area (Å²) in [5, 5.41) is 7.08. The maximum absolute atomic E-state index is 13.9. The van der Waals surface area contributed by atoms with E-state index in [1.54, 1.807) is 16.9 Å². The van der Waals surface area contributed by atoms with Gasteiger partial charge in [0.05, 0.1) is 5.69 Å². The van der Waals surface area contributed by atoms with Crippen LogP contribution in [0.2, 0.25) is 0 Å². The Kier molecular flexibility index (Phi) is 5.84. The normalized spacial score (nSPS) is 15.7. The van der Waals surface area contributed by atoms with Gasteiger partial charge in [0.15, 0.2) is 5.82 Å². The lowest BCUT2D eigenvalue weighted by Crippen LogP contribution is -2.41. The van der Waals surface area contributed by atoms with Crippen molar-refractivity contribution in [1.29, 1.82) is 0 Å². The van der Waals surface area contributed by atoms with Crippen molar-refractivity contribution in [2.45, 2.75) is 17.7 Å². The van der Waals surface area contributed by atoms with Crippen LogP contribution in [0.4, 0.5) is 14.6 Å². The maximum atomic E-state index is 13.9. The molecule has 4 rings (SSSR count). The third kappa shape index (κ3) is 4.49. The van der Waals surface area contributed by atoms with Crippen molar-refractivity contribution in [3.05, 3.63) is 72.4 Å². The van der Waals surface area contributed by atoms with Crippen LogP contribution < -0.4 is 5.32 Å². The van der Waals surface area contributed by atoms with Crippen LogP contribution in [0.25, 0.3) is 5.69 Å². The van der Waals surface area contributed by atoms with Gasteiger partial charge in [0.25, 0.3) is 0 Å². The van der Waals surface area contributed by atoms with Gasteiger partial charge in [-0.3, -0.25) is 4.79 Å². The number of aromatic nitrogens is 2. The number of carbonyl (C=O) groups is 1. The van der Waals surface area contributed by atoms with E-state index in [-0.39, 0.29) is 31.8 Å². The lowest BCUT2D eigenvalue weighted by molar-refractivity contribution is -0.120. The Hall–Kier alpha value is -3.11. The van der Waals surface area contributed by atoms with Gasteiger partial charge < -0.3 is 5.32 Å². The number of rotatable bonds is 5. The Balaban J connectivity index is 1.38. The molecule has 1 N–H and O–H groups in total. The standard InChI is InChI=1S/C21H20F2N4O3S/c22-16-6-7-18(23)19(14-16)31(29,30)26-11-8-15(9-12-26)21(28)24-20-10-13-27(25-20)17-4-2-1-3-5-17/h1-7,10,13-15H,8-9,11-12H2,(H,24,25,28). The van der Waals surface area contributed by atoms with Crippen LogP contribution in [0, 0.1) is 17.6 Å². The summed E-state index contributed by atoms with van der Waals surface area (Å²) in [4.78, 5) is 11.9. The van der Waals surface area contributed by atoms with Crippen molar-refractivity contribution in [2.24, 2.45) is 5.92 Å². The number of amides is 1. The first-order valence-electron chi connectivity index (χ1n) is 9.72. The number of anilines is 1. The van der Waals surface area contributed by atoms with Crippen molar-refractivity contribution >= 4 is 21.7 Å². The van der Waals surface area contributed by atoms with E-state index in [1.165, 1.54) is 0 Å². The Morgan fingerprint density at radius 2 is 1.74 bits per heavy atom. The summed E-state index contributed by atoms with van der Waals surface area (Å²) in [6, 6.07) is 13.4. The van der Waals surface area contributed by atoms with Crippen LogP contribution in [0.5, 0.6) is 0 Å². The molecule has 0 radical (unpaired) electrons. The number of halogens is 2. The summed E-state index contributed by atoms with van der Waals surface area (Å²) in [6.45, 7) is 0.0731. The highest BCUT2D eigenvalue weighted by Gasteiger charge is 2.34. The van der Waals surface area contributed by atoms with E-state index < -0.39 is 32.5 Å². The molecule has 1 aromatic heterocycles. The van der Waals surface area contributed by atoms with Gasteiger partial charge >= 0.3 is 0 Å². The molecule has 1 fully saturated rings. The molecule has 2 aromatic carbocycles. The Morgan fingerprint density at radius 3 is 2.45 bits per heavy atom. The number of piperidine rings is 1. The second kappa shape index (κ2) is 8.56. The topological polar surface area (TPSA) is 84.3 Å². The van der Waals surface area contributed by atoms with Crippen molar-refractivity contribution < 1.29 is 22.0 Å². The fraction of sp³-hybridized carbons (Fsp3) is 0.238. The monoisotopic (exact) mass is 446 g/mol. The van der Waals surface area contributed by atoms with Crippen molar-refractivity contribution in [1.82, 2.24) is 14.1 Å². The van der Waals surface area contributed by atoms with Crippen molar-refractivity contribution in [3.63, 3.8) is 0 Å². The third-order valence-electron chi connectivity index (χ3n) is 5.20. The summed E-state index contributed by atoms with van der Waals surface area (Å²) in [6.07, 6.45) is 2.26. The van der Waals surface area contributed by atoms with E-state index >= 15 is 0 Å².